The minimum atomic E-state index is -0.602. The van der Waals surface area contributed by atoms with Gasteiger partial charge in [0, 0.05) is 19.0 Å². The van der Waals surface area contributed by atoms with Crippen LogP contribution in [0.2, 0.25) is 0 Å². The molecule has 1 aliphatic heterocycles. The molecule has 1 aliphatic rings. The van der Waals surface area contributed by atoms with E-state index in [0.717, 1.165) is 29.8 Å². The van der Waals surface area contributed by atoms with E-state index < -0.39 is 6.04 Å². The predicted molar refractivity (Wildman–Crippen MR) is 107 cm³/mol. The largest absolute Gasteiger partial charge is 0.467 e. The zero-order valence-electron chi connectivity index (χ0n) is 16.1. The maximum atomic E-state index is 12.6. The third-order valence-corrected chi connectivity index (χ3v) is 6.59. The van der Waals surface area contributed by atoms with Gasteiger partial charge in [-0.05, 0) is 30.9 Å². The topological polar surface area (TPSA) is 71.5 Å². The molecule has 1 aromatic carbocycles. The van der Waals surface area contributed by atoms with Crippen molar-refractivity contribution in [2.24, 2.45) is 5.92 Å². The second kappa shape index (κ2) is 8.69. The fraction of sp³-hybridized carbons (Fsp3) is 0.550. The first-order valence-electron chi connectivity index (χ1n) is 9.52. The van der Waals surface area contributed by atoms with Crippen LogP contribution in [-0.4, -0.2) is 48.1 Å². The smallest absolute Gasteiger partial charge is 0.328 e. The normalized spacial score (nSPS) is 17.5. The number of nitrogens with one attached hydrogen (secondary N) is 1. The number of nitrogens with zero attached hydrogens (tertiary/aromatic N) is 2. The molecule has 1 N–H and O–H groups in total. The Morgan fingerprint density at radius 3 is 2.67 bits per heavy atom. The number of likely N-dealkylation sites (tertiary alicyclic amines) is 1. The molecule has 2 aromatic rings. The second-order valence-corrected chi connectivity index (χ2v) is 8.18. The van der Waals surface area contributed by atoms with Gasteiger partial charge < -0.3 is 15.0 Å². The summed E-state index contributed by atoms with van der Waals surface area (Å²) in [5, 5.41) is 4.02. The van der Waals surface area contributed by atoms with Crippen LogP contribution in [0.3, 0.4) is 0 Å². The lowest BCUT2D eigenvalue weighted by atomic mass is 9.97. The number of carbonyl (C=O) groups is 2. The molecule has 1 saturated heterocycles. The molecule has 0 saturated carbocycles. The molecule has 0 spiro atoms. The molecule has 146 valence electrons. The highest BCUT2D eigenvalue weighted by Crippen LogP contribution is 2.33. The van der Waals surface area contributed by atoms with Crippen molar-refractivity contribution in [3.63, 3.8) is 0 Å². The number of fused-ring (bicyclic) bond motifs is 1. The van der Waals surface area contributed by atoms with Gasteiger partial charge in [0.15, 0.2) is 0 Å². The summed E-state index contributed by atoms with van der Waals surface area (Å²) in [6.45, 7) is 5.28. The van der Waals surface area contributed by atoms with E-state index in [1.807, 2.05) is 32.0 Å². The third-order valence-electron chi connectivity index (χ3n) is 5.39. The molecule has 0 radical (unpaired) electrons. The van der Waals surface area contributed by atoms with Crippen LogP contribution in [0, 0.1) is 5.92 Å². The van der Waals surface area contributed by atoms with Gasteiger partial charge >= 0.3 is 12.0 Å². The van der Waals surface area contributed by atoms with Crippen LogP contribution in [0.4, 0.5) is 4.79 Å². The number of methoxy groups -OCH3 is 1. The summed E-state index contributed by atoms with van der Waals surface area (Å²) in [5.74, 6) is 0.0289. The number of ether oxygens (including phenoxy) is 1. The number of benzene rings is 1. The molecule has 3 rings (SSSR count). The summed E-state index contributed by atoms with van der Waals surface area (Å²) >= 11 is 1.75. The molecule has 2 heterocycles. The quantitative estimate of drug-likeness (QED) is 0.790. The van der Waals surface area contributed by atoms with Crippen LogP contribution in [0.25, 0.3) is 10.2 Å². The Kier molecular flexibility index (Phi) is 6.31. The summed E-state index contributed by atoms with van der Waals surface area (Å²) in [5.41, 5.74) is 1.05. The van der Waals surface area contributed by atoms with Crippen molar-refractivity contribution in [3.8, 4) is 0 Å². The van der Waals surface area contributed by atoms with Gasteiger partial charge in [-0.1, -0.05) is 32.4 Å². The zero-order chi connectivity index (χ0) is 19.4. The number of thiazole rings is 1. The van der Waals surface area contributed by atoms with E-state index in [1.165, 1.54) is 11.8 Å². The fourth-order valence-corrected chi connectivity index (χ4v) is 4.55. The van der Waals surface area contributed by atoms with Gasteiger partial charge in [-0.3, -0.25) is 0 Å². The number of hydrogen-bond acceptors (Lipinski definition) is 5. The molecule has 6 nitrogen and oxygen atoms in total. The molecule has 0 bridgehead atoms. The molecule has 0 unspecified atom stereocenters. The van der Waals surface area contributed by atoms with Crippen LogP contribution in [-0.2, 0) is 9.53 Å². The van der Waals surface area contributed by atoms with Crippen LogP contribution >= 0.6 is 11.3 Å². The molecular weight excluding hydrogens is 362 g/mol. The average Bonchev–Trinajstić information content (AvgIpc) is 3.15. The van der Waals surface area contributed by atoms with Gasteiger partial charge in [0.05, 0.1) is 22.3 Å². The highest BCUT2D eigenvalue weighted by Gasteiger charge is 2.31. The number of amides is 2. The van der Waals surface area contributed by atoms with Crippen molar-refractivity contribution in [1.29, 1.82) is 0 Å². The first kappa shape index (κ1) is 19.6. The van der Waals surface area contributed by atoms with Gasteiger partial charge in [-0.15, -0.1) is 11.3 Å². The number of esters is 1. The molecule has 2 amide bonds. The minimum absolute atomic E-state index is 0.0293. The molecule has 2 atom stereocenters. The van der Waals surface area contributed by atoms with Crippen molar-refractivity contribution in [2.45, 2.75) is 45.1 Å². The third kappa shape index (κ3) is 4.40. The lowest BCUT2D eigenvalue weighted by molar-refractivity contribution is -0.144. The summed E-state index contributed by atoms with van der Waals surface area (Å²) in [7, 11) is 1.35. The Bertz CT molecular complexity index is 766. The first-order valence-corrected chi connectivity index (χ1v) is 10.3. The molecule has 0 aliphatic carbocycles. The van der Waals surface area contributed by atoms with Crippen molar-refractivity contribution >= 4 is 33.6 Å². The van der Waals surface area contributed by atoms with Crippen molar-refractivity contribution in [3.05, 3.63) is 29.3 Å². The highest BCUT2D eigenvalue weighted by molar-refractivity contribution is 7.18. The monoisotopic (exact) mass is 389 g/mol. The van der Waals surface area contributed by atoms with E-state index in [4.69, 9.17) is 9.72 Å². The summed E-state index contributed by atoms with van der Waals surface area (Å²) in [4.78, 5) is 31.2. The zero-order valence-corrected chi connectivity index (χ0v) is 16.9. The van der Waals surface area contributed by atoms with Gasteiger partial charge in [0.2, 0.25) is 0 Å². The molecule has 1 fully saturated rings. The predicted octanol–water partition coefficient (Wildman–Crippen LogP) is 3.77. The van der Waals surface area contributed by atoms with Gasteiger partial charge in [-0.2, -0.15) is 0 Å². The fourth-order valence-electron chi connectivity index (χ4n) is 3.41. The molecule has 27 heavy (non-hydrogen) atoms. The summed E-state index contributed by atoms with van der Waals surface area (Å²) in [6.07, 6.45) is 2.57. The van der Waals surface area contributed by atoms with Gasteiger partial charge in [0.1, 0.15) is 6.04 Å². The number of aromatic nitrogens is 1. The molecular formula is C20H27N3O3S. The molecule has 7 heteroatoms. The van der Waals surface area contributed by atoms with Crippen LogP contribution in [0.1, 0.15) is 44.0 Å². The number of piperidine rings is 1. The van der Waals surface area contributed by atoms with Crippen LogP contribution in [0.5, 0.6) is 0 Å². The molecule has 1 aromatic heterocycles. The van der Waals surface area contributed by atoms with Crippen LogP contribution < -0.4 is 5.32 Å². The minimum Gasteiger partial charge on any atom is -0.467 e. The summed E-state index contributed by atoms with van der Waals surface area (Å²) in [6, 6.07) is 7.39. The Hall–Kier alpha value is -2.15. The van der Waals surface area contributed by atoms with Crippen molar-refractivity contribution < 1.29 is 14.3 Å². The number of para-hydroxylation sites is 1. The van der Waals surface area contributed by atoms with Gasteiger partial charge in [0.25, 0.3) is 0 Å². The Balaban J connectivity index is 1.59. The second-order valence-electron chi connectivity index (χ2n) is 7.12. The first-order chi connectivity index (χ1) is 13.0. The van der Waals surface area contributed by atoms with E-state index in [2.05, 4.69) is 11.4 Å². The number of carbonyl (C=O) groups excluding carboxylic acids is 2. The maximum absolute atomic E-state index is 12.6. The van der Waals surface area contributed by atoms with Crippen molar-refractivity contribution in [2.75, 3.05) is 20.2 Å². The Morgan fingerprint density at radius 1 is 1.33 bits per heavy atom. The SMILES string of the molecule is CC[C@@H](C)[C@H](NC(=O)N1CCC(c2nc3ccccc3s2)CC1)C(=O)OC. The average molecular weight is 390 g/mol. The van der Waals surface area contributed by atoms with E-state index in [-0.39, 0.29) is 17.9 Å². The number of rotatable bonds is 5. The van der Waals surface area contributed by atoms with E-state index in [0.29, 0.717) is 19.0 Å². The Morgan fingerprint density at radius 2 is 2.04 bits per heavy atom. The summed E-state index contributed by atoms with van der Waals surface area (Å²) < 4.78 is 6.06. The van der Waals surface area contributed by atoms with E-state index in [9.17, 15) is 9.59 Å². The number of hydrogen-bond donors (Lipinski definition) is 1. The highest BCUT2D eigenvalue weighted by atomic mass is 32.1. The van der Waals surface area contributed by atoms with Gasteiger partial charge in [-0.25, -0.2) is 14.6 Å². The lowest BCUT2D eigenvalue weighted by Gasteiger charge is -2.33. The van der Waals surface area contributed by atoms with Crippen molar-refractivity contribution in [1.82, 2.24) is 15.2 Å². The maximum Gasteiger partial charge on any atom is 0.328 e. The van der Waals surface area contributed by atoms with E-state index >= 15 is 0 Å². The number of urea groups is 1. The van der Waals surface area contributed by atoms with Crippen LogP contribution in [0.15, 0.2) is 24.3 Å². The standard InChI is InChI=1S/C20H27N3O3S/c1-4-13(2)17(19(24)26-3)22-20(25)23-11-9-14(10-12-23)18-21-15-7-5-6-8-16(15)27-18/h5-8,13-14,17H,4,9-12H2,1-3H3,(H,22,25)/t13-,17+/m1/s1. The van der Waals surface area contributed by atoms with E-state index in [1.54, 1.807) is 16.2 Å². The Labute approximate surface area is 163 Å². The lowest BCUT2D eigenvalue weighted by Crippen LogP contribution is -2.52.